The lowest BCUT2D eigenvalue weighted by molar-refractivity contribution is -0.123. The van der Waals surface area contributed by atoms with E-state index in [0.717, 1.165) is 27.7 Å². The molecule has 0 bridgehead atoms. The smallest absolute Gasteiger partial charge is 0.266 e. The van der Waals surface area contributed by atoms with Crippen LogP contribution in [0.3, 0.4) is 0 Å². The van der Waals surface area contributed by atoms with Crippen molar-refractivity contribution in [3.8, 4) is 0 Å². The van der Waals surface area contributed by atoms with Gasteiger partial charge in [0.2, 0.25) is 5.91 Å². The van der Waals surface area contributed by atoms with Crippen molar-refractivity contribution < 1.29 is 9.59 Å². The number of nitrogens with two attached hydrogens (primary N) is 1. The number of thioether (sulfide) groups is 1. The van der Waals surface area contributed by atoms with Crippen molar-refractivity contribution in [2.45, 2.75) is 26.3 Å². The van der Waals surface area contributed by atoms with Gasteiger partial charge in [-0.05, 0) is 37.5 Å². The van der Waals surface area contributed by atoms with E-state index in [-0.39, 0.29) is 23.3 Å². The van der Waals surface area contributed by atoms with Crippen LogP contribution in [0.2, 0.25) is 0 Å². The predicted molar refractivity (Wildman–Crippen MR) is 153 cm³/mol. The van der Waals surface area contributed by atoms with Gasteiger partial charge in [-0.1, -0.05) is 72.0 Å². The van der Waals surface area contributed by atoms with E-state index in [1.165, 1.54) is 11.8 Å². The summed E-state index contributed by atoms with van der Waals surface area (Å²) in [5, 5.41) is 0.920. The highest BCUT2D eigenvalue weighted by atomic mass is 32.2. The highest BCUT2D eigenvalue weighted by Crippen LogP contribution is 2.37. The summed E-state index contributed by atoms with van der Waals surface area (Å²) in [6.07, 6.45) is 2.94. The molecule has 0 aliphatic carbocycles. The zero-order chi connectivity index (χ0) is 26.3. The maximum absolute atomic E-state index is 13.6. The van der Waals surface area contributed by atoms with Crippen LogP contribution in [-0.4, -0.2) is 38.7 Å². The number of carbonyl (C=O) groups excluding carboxylic acids is 2. The van der Waals surface area contributed by atoms with Crippen LogP contribution < -0.4 is 16.2 Å². The normalized spacial score (nSPS) is 17.8. The highest BCUT2D eigenvalue weighted by Gasteiger charge is 2.33. The van der Waals surface area contributed by atoms with Gasteiger partial charge in [-0.3, -0.25) is 19.3 Å². The molecule has 0 spiro atoms. The second-order valence-electron chi connectivity index (χ2n) is 9.56. The highest BCUT2D eigenvalue weighted by molar-refractivity contribution is 8.26. The van der Waals surface area contributed by atoms with Crippen molar-refractivity contribution in [1.29, 1.82) is 0 Å². The van der Waals surface area contributed by atoms with Gasteiger partial charge in [-0.2, -0.15) is 0 Å². The number of aromatic nitrogens is 1. The topological polar surface area (TPSA) is 88.6 Å². The molecule has 0 atom stereocenters. The number of pyridine rings is 1. The fourth-order valence-electron chi connectivity index (χ4n) is 5.00. The number of benzene rings is 2. The van der Waals surface area contributed by atoms with Gasteiger partial charge in [0.1, 0.15) is 4.32 Å². The van der Waals surface area contributed by atoms with Crippen LogP contribution in [0, 0.1) is 12.8 Å². The van der Waals surface area contributed by atoms with Gasteiger partial charge in [0.25, 0.3) is 11.5 Å². The minimum Gasteiger partial charge on any atom is -0.370 e. The average Bonchev–Trinajstić information content (AvgIpc) is 3.16. The molecule has 1 aromatic heterocycles. The Morgan fingerprint density at radius 3 is 2.46 bits per heavy atom. The van der Waals surface area contributed by atoms with E-state index in [0.29, 0.717) is 47.3 Å². The van der Waals surface area contributed by atoms with Crippen molar-refractivity contribution in [2.75, 3.05) is 18.0 Å². The Hall–Kier alpha value is -3.43. The van der Waals surface area contributed by atoms with Crippen molar-refractivity contribution in [3.05, 3.63) is 80.5 Å². The second kappa shape index (κ2) is 10.1. The lowest BCUT2D eigenvalue weighted by atomic mass is 9.94. The molecule has 2 aliphatic heterocycles. The van der Waals surface area contributed by atoms with Crippen LogP contribution in [0.25, 0.3) is 17.0 Å². The molecule has 2 aliphatic rings. The number of nitrogens with zero attached hydrogens (tertiary/aromatic N) is 3. The average molecular weight is 533 g/mol. The lowest BCUT2D eigenvalue weighted by Gasteiger charge is -2.34. The largest absolute Gasteiger partial charge is 0.370 e. The summed E-state index contributed by atoms with van der Waals surface area (Å²) in [5.74, 6) is -0.661. The molecule has 2 N–H and O–H groups in total. The quantitative estimate of drug-likeness (QED) is 0.396. The van der Waals surface area contributed by atoms with E-state index >= 15 is 0 Å². The van der Waals surface area contributed by atoms with Crippen molar-refractivity contribution in [2.24, 2.45) is 18.7 Å². The molecule has 2 fully saturated rings. The molecule has 0 saturated carbocycles. The number of anilines is 1. The number of piperidine rings is 1. The Kier molecular flexibility index (Phi) is 6.92. The molecular weight excluding hydrogens is 504 g/mol. The Bertz CT molecular complexity index is 1500. The molecule has 7 nitrogen and oxygen atoms in total. The summed E-state index contributed by atoms with van der Waals surface area (Å²) in [4.78, 5) is 43.0. The minimum atomic E-state index is -0.286. The number of primary amides is 1. The molecule has 2 saturated heterocycles. The van der Waals surface area contributed by atoms with Gasteiger partial charge in [0, 0.05) is 31.4 Å². The summed E-state index contributed by atoms with van der Waals surface area (Å²) < 4.78 is 2.09. The molecule has 5 rings (SSSR count). The van der Waals surface area contributed by atoms with Crippen LogP contribution in [0.1, 0.15) is 29.5 Å². The van der Waals surface area contributed by atoms with E-state index in [4.69, 9.17) is 18.0 Å². The third-order valence-corrected chi connectivity index (χ3v) is 8.51. The predicted octanol–water partition coefficient (Wildman–Crippen LogP) is 3.95. The van der Waals surface area contributed by atoms with E-state index in [2.05, 4.69) is 4.90 Å². The minimum absolute atomic E-state index is 0.171. The first-order valence-corrected chi connectivity index (χ1v) is 13.4. The Labute approximate surface area is 224 Å². The monoisotopic (exact) mass is 532 g/mol. The third-order valence-electron chi connectivity index (χ3n) is 7.13. The molecule has 3 aromatic rings. The van der Waals surface area contributed by atoms with Crippen molar-refractivity contribution in [3.63, 3.8) is 0 Å². The van der Waals surface area contributed by atoms with Gasteiger partial charge >= 0.3 is 0 Å². The lowest BCUT2D eigenvalue weighted by Crippen LogP contribution is -2.40. The fraction of sp³-hybridized carbons (Fsp3) is 0.286. The fourth-order valence-corrected chi connectivity index (χ4v) is 6.24. The summed E-state index contributed by atoms with van der Waals surface area (Å²) in [5.41, 5.74) is 9.55. The summed E-state index contributed by atoms with van der Waals surface area (Å²) >= 11 is 6.78. The molecule has 9 heteroatoms. The van der Waals surface area contributed by atoms with E-state index in [1.54, 1.807) is 22.6 Å². The Balaban J connectivity index is 1.56. The van der Waals surface area contributed by atoms with Crippen LogP contribution in [0.5, 0.6) is 0 Å². The van der Waals surface area contributed by atoms with Crippen LogP contribution in [0.15, 0.2) is 58.2 Å². The van der Waals surface area contributed by atoms with Gasteiger partial charge in [0.05, 0.1) is 28.2 Å². The molecule has 190 valence electrons. The first-order valence-electron chi connectivity index (χ1n) is 12.2. The van der Waals surface area contributed by atoms with Crippen LogP contribution in [-0.2, 0) is 23.2 Å². The van der Waals surface area contributed by atoms with E-state index < -0.39 is 0 Å². The Morgan fingerprint density at radius 1 is 1.11 bits per heavy atom. The van der Waals surface area contributed by atoms with Gasteiger partial charge < -0.3 is 15.2 Å². The van der Waals surface area contributed by atoms with Gasteiger partial charge in [-0.15, -0.1) is 0 Å². The molecule has 0 unspecified atom stereocenters. The number of hydrogen-bond donors (Lipinski definition) is 1. The third kappa shape index (κ3) is 4.81. The molecule has 2 aromatic carbocycles. The first kappa shape index (κ1) is 25.2. The summed E-state index contributed by atoms with van der Waals surface area (Å²) in [6.45, 7) is 3.59. The van der Waals surface area contributed by atoms with E-state index in [1.807, 2.05) is 55.5 Å². The number of carbonyl (C=O) groups is 2. The summed E-state index contributed by atoms with van der Waals surface area (Å²) in [6, 6.07) is 15.8. The first-order chi connectivity index (χ1) is 17.7. The maximum Gasteiger partial charge on any atom is 0.266 e. The van der Waals surface area contributed by atoms with E-state index in [9.17, 15) is 14.4 Å². The zero-order valence-corrected chi connectivity index (χ0v) is 22.4. The van der Waals surface area contributed by atoms with Crippen LogP contribution in [0.4, 0.5) is 5.69 Å². The number of thiocarbonyl (C=S) groups is 1. The van der Waals surface area contributed by atoms with Crippen molar-refractivity contribution >= 4 is 62.8 Å². The van der Waals surface area contributed by atoms with Crippen LogP contribution >= 0.6 is 24.0 Å². The number of aryl methyl sites for hydroxylation is 2. The molecule has 3 heterocycles. The number of para-hydroxylation sites is 1. The SMILES string of the molecule is Cc1ccc(CN2C(=O)C(=Cc3c(N4CCC(C(N)=O)CC4)c4ccccc4n(C)c3=O)SC2=S)cc1. The summed E-state index contributed by atoms with van der Waals surface area (Å²) in [7, 11) is 1.74. The maximum atomic E-state index is 13.6. The van der Waals surface area contributed by atoms with Gasteiger partial charge in [0.15, 0.2) is 0 Å². The molecule has 37 heavy (non-hydrogen) atoms. The number of hydrogen-bond acceptors (Lipinski definition) is 6. The number of amides is 2. The number of fused-ring (bicyclic) bond motifs is 1. The molecular formula is C28H28N4O3S2. The standard InChI is InChI=1S/C28H28N4O3S2/c1-17-7-9-18(10-8-17)16-32-27(35)23(37-28(32)36)15-21-24(31-13-11-19(12-14-31)25(29)33)20-5-3-4-6-22(20)30(2)26(21)34/h3-10,15,19H,11-14,16H2,1-2H3,(H2,29,33). The molecule has 0 radical (unpaired) electrons. The van der Waals surface area contributed by atoms with Gasteiger partial charge in [-0.25, -0.2) is 0 Å². The van der Waals surface area contributed by atoms with Crippen molar-refractivity contribution in [1.82, 2.24) is 9.47 Å². The number of rotatable bonds is 5. The zero-order valence-electron chi connectivity index (χ0n) is 20.8. The second-order valence-corrected chi connectivity index (χ2v) is 11.2. The Morgan fingerprint density at radius 2 is 1.78 bits per heavy atom. The molecule has 2 amide bonds.